The second kappa shape index (κ2) is 4.70. The Labute approximate surface area is 102 Å². The van der Waals surface area contributed by atoms with Crippen molar-refractivity contribution in [2.24, 2.45) is 5.84 Å². The molecule has 0 radical (unpaired) electrons. The summed E-state index contributed by atoms with van der Waals surface area (Å²) in [5.74, 6) is 5.76. The summed E-state index contributed by atoms with van der Waals surface area (Å²) in [5, 5.41) is 0. The first-order chi connectivity index (χ1) is 8.16. The molecule has 0 heterocycles. The Morgan fingerprint density at radius 1 is 0.882 bits per heavy atom. The summed E-state index contributed by atoms with van der Waals surface area (Å²) in [6, 6.07) is 18.7. The maximum atomic E-state index is 5.76. The summed E-state index contributed by atoms with van der Waals surface area (Å²) in [7, 11) is 0. The Morgan fingerprint density at radius 2 is 1.41 bits per heavy atom. The monoisotopic (exact) mass is 226 g/mol. The van der Waals surface area contributed by atoms with Crippen LogP contribution in [0.15, 0.2) is 54.6 Å². The molecule has 0 amide bonds. The molecule has 17 heavy (non-hydrogen) atoms. The van der Waals surface area contributed by atoms with Crippen molar-refractivity contribution < 1.29 is 0 Å². The van der Waals surface area contributed by atoms with E-state index < -0.39 is 0 Å². The van der Waals surface area contributed by atoms with E-state index in [0.717, 1.165) is 11.1 Å². The molecule has 0 saturated heterocycles. The average molecular weight is 226 g/mol. The van der Waals surface area contributed by atoms with Crippen molar-refractivity contribution >= 4 is 0 Å². The second-order valence-corrected chi connectivity index (χ2v) is 4.50. The average Bonchev–Trinajstić information content (AvgIpc) is 2.40. The minimum Gasteiger partial charge on any atom is -0.270 e. The molecule has 0 spiro atoms. The summed E-state index contributed by atoms with van der Waals surface area (Å²) < 4.78 is 0. The predicted octanol–water partition coefficient (Wildman–Crippen LogP) is 2.72. The maximum absolute atomic E-state index is 5.76. The van der Waals surface area contributed by atoms with E-state index in [1.807, 2.05) is 18.2 Å². The van der Waals surface area contributed by atoms with E-state index in [2.05, 4.69) is 55.7 Å². The Bertz CT molecular complexity index is 476. The van der Waals surface area contributed by atoms with Crippen molar-refractivity contribution in [3.63, 3.8) is 0 Å². The summed E-state index contributed by atoms with van der Waals surface area (Å²) in [5.41, 5.74) is 6.15. The molecule has 3 N–H and O–H groups in total. The lowest BCUT2D eigenvalue weighted by molar-refractivity contribution is 0.452. The number of hydrazine groups is 1. The SMILES string of the molecule is Cc1ccc(C(C)(NN)c2ccccc2)cc1. The topological polar surface area (TPSA) is 38.0 Å². The fraction of sp³-hybridized carbons (Fsp3) is 0.200. The van der Waals surface area contributed by atoms with Crippen molar-refractivity contribution in [3.05, 3.63) is 71.3 Å². The molecule has 0 aliphatic rings. The molecule has 1 unspecified atom stereocenters. The largest absolute Gasteiger partial charge is 0.270 e. The first-order valence-electron chi connectivity index (χ1n) is 5.77. The predicted molar refractivity (Wildman–Crippen MR) is 71.4 cm³/mol. The van der Waals surface area contributed by atoms with Crippen LogP contribution in [0.3, 0.4) is 0 Å². The van der Waals surface area contributed by atoms with Crippen LogP contribution in [0.2, 0.25) is 0 Å². The highest BCUT2D eigenvalue weighted by atomic mass is 15.3. The summed E-state index contributed by atoms with van der Waals surface area (Å²) in [6.07, 6.45) is 0. The Kier molecular flexibility index (Phi) is 3.27. The Hall–Kier alpha value is -1.64. The summed E-state index contributed by atoms with van der Waals surface area (Å²) in [6.45, 7) is 4.17. The van der Waals surface area contributed by atoms with E-state index in [-0.39, 0.29) is 5.54 Å². The van der Waals surface area contributed by atoms with Gasteiger partial charge in [0, 0.05) is 0 Å². The van der Waals surface area contributed by atoms with E-state index in [1.165, 1.54) is 5.56 Å². The third-order valence-corrected chi connectivity index (χ3v) is 3.27. The van der Waals surface area contributed by atoms with Gasteiger partial charge in [0.05, 0.1) is 5.54 Å². The van der Waals surface area contributed by atoms with Crippen molar-refractivity contribution in [1.82, 2.24) is 5.43 Å². The molecule has 0 bridgehead atoms. The minimum absolute atomic E-state index is 0.352. The third kappa shape index (κ3) is 2.23. The highest BCUT2D eigenvalue weighted by Gasteiger charge is 2.26. The number of hydrogen-bond acceptors (Lipinski definition) is 2. The lowest BCUT2D eigenvalue weighted by atomic mass is 9.85. The first-order valence-corrected chi connectivity index (χ1v) is 5.77. The van der Waals surface area contributed by atoms with Crippen LogP contribution in [-0.4, -0.2) is 0 Å². The molecule has 88 valence electrons. The van der Waals surface area contributed by atoms with Gasteiger partial charge in [-0.2, -0.15) is 0 Å². The zero-order valence-corrected chi connectivity index (χ0v) is 10.3. The number of hydrogen-bond donors (Lipinski definition) is 2. The third-order valence-electron chi connectivity index (χ3n) is 3.27. The van der Waals surface area contributed by atoms with Gasteiger partial charge in [0.1, 0.15) is 0 Å². The smallest absolute Gasteiger partial charge is 0.0790 e. The van der Waals surface area contributed by atoms with E-state index >= 15 is 0 Å². The lowest BCUT2D eigenvalue weighted by Crippen LogP contribution is -2.45. The first kappa shape index (κ1) is 11.8. The molecule has 2 aromatic carbocycles. The molecule has 0 aromatic heterocycles. The number of nitrogens with one attached hydrogen (secondary N) is 1. The van der Waals surface area contributed by atoms with Gasteiger partial charge >= 0.3 is 0 Å². The van der Waals surface area contributed by atoms with Crippen LogP contribution in [0.25, 0.3) is 0 Å². The van der Waals surface area contributed by atoms with Crippen LogP contribution in [0, 0.1) is 6.92 Å². The standard InChI is InChI=1S/C15H18N2/c1-12-8-10-14(11-9-12)15(2,17-16)13-6-4-3-5-7-13/h3-11,17H,16H2,1-2H3. The Morgan fingerprint density at radius 3 is 1.94 bits per heavy atom. The van der Waals surface area contributed by atoms with E-state index in [0.29, 0.717) is 0 Å². The maximum Gasteiger partial charge on any atom is 0.0790 e. The van der Waals surface area contributed by atoms with Crippen LogP contribution in [0.1, 0.15) is 23.6 Å². The molecule has 2 aromatic rings. The quantitative estimate of drug-likeness (QED) is 0.624. The lowest BCUT2D eigenvalue weighted by Gasteiger charge is -2.30. The Balaban J connectivity index is 2.48. The minimum atomic E-state index is -0.352. The number of nitrogens with two attached hydrogens (primary N) is 1. The second-order valence-electron chi connectivity index (χ2n) is 4.50. The van der Waals surface area contributed by atoms with Crippen LogP contribution in [0.4, 0.5) is 0 Å². The normalized spacial score (nSPS) is 14.3. The molecule has 1 atom stereocenters. The van der Waals surface area contributed by atoms with Crippen LogP contribution >= 0.6 is 0 Å². The van der Waals surface area contributed by atoms with Gasteiger partial charge in [-0.15, -0.1) is 0 Å². The molecule has 0 aliphatic carbocycles. The highest BCUT2D eigenvalue weighted by molar-refractivity contribution is 5.38. The van der Waals surface area contributed by atoms with Gasteiger partial charge in [-0.25, -0.2) is 5.43 Å². The van der Waals surface area contributed by atoms with Gasteiger partial charge in [0.2, 0.25) is 0 Å². The zero-order valence-electron chi connectivity index (χ0n) is 10.3. The van der Waals surface area contributed by atoms with E-state index in [9.17, 15) is 0 Å². The highest BCUT2D eigenvalue weighted by Crippen LogP contribution is 2.28. The summed E-state index contributed by atoms with van der Waals surface area (Å²) in [4.78, 5) is 0. The van der Waals surface area contributed by atoms with Gasteiger partial charge < -0.3 is 0 Å². The zero-order chi connectivity index (χ0) is 12.3. The summed E-state index contributed by atoms with van der Waals surface area (Å²) >= 11 is 0. The molecule has 0 fully saturated rings. The van der Waals surface area contributed by atoms with Crippen LogP contribution in [0.5, 0.6) is 0 Å². The molecule has 2 heteroatoms. The van der Waals surface area contributed by atoms with Crippen molar-refractivity contribution in [2.45, 2.75) is 19.4 Å². The van der Waals surface area contributed by atoms with Crippen molar-refractivity contribution in [3.8, 4) is 0 Å². The molecule has 0 saturated carbocycles. The number of benzene rings is 2. The van der Waals surface area contributed by atoms with Crippen LogP contribution < -0.4 is 11.3 Å². The van der Waals surface area contributed by atoms with Gasteiger partial charge in [-0.05, 0) is 25.0 Å². The fourth-order valence-electron chi connectivity index (χ4n) is 1.99. The van der Waals surface area contributed by atoms with Crippen LogP contribution in [-0.2, 0) is 5.54 Å². The molecular weight excluding hydrogens is 208 g/mol. The van der Waals surface area contributed by atoms with E-state index in [4.69, 9.17) is 5.84 Å². The number of aryl methyl sites for hydroxylation is 1. The van der Waals surface area contributed by atoms with Gasteiger partial charge in [0.25, 0.3) is 0 Å². The number of rotatable bonds is 3. The van der Waals surface area contributed by atoms with Gasteiger partial charge in [-0.1, -0.05) is 60.2 Å². The van der Waals surface area contributed by atoms with Gasteiger partial charge in [0.15, 0.2) is 0 Å². The molecule has 2 rings (SSSR count). The van der Waals surface area contributed by atoms with Crippen molar-refractivity contribution in [2.75, 3.05) is 0 Å². The van der Waals surface area contributed by atoms with Gasteiger partial charge in [-0.3, -0.25) is 5.84 Å². The van der Waals surface area contributed by atoms with Crippen molar-refractivity contribution in [1.29, 1.82) is 0 Å². The fourth-order valence-corrected chi connectivity index (χ4v) is 1.99. The molecular formula is C15H18N2. The van der Waals surface area contributed by atoms with E-state index in [1.54, 1.807) is 0 Å². The molecule has 0 aliphatic heterocycles. The molecule has 2 nitrogen and oxygen atoms in total.